The fourth-order valence-corrected chi connectivity index (χ4v) is 2.22. The molecule has 0 fully saturated rings. The number of hydrogen-bond acceptors (Lipinski definition) is 4. The molecule has 21 heavy (non-hydrogen) atoms. The van der Waals surface area contributed by atoms with E-state index in [9.17, 15) is 0 Å². The van der Waals surface area contributed by atoms with Crippen molar-refractivity contribution in [2.75, 3.05) is 11.9 Å². The smallest absolute Gasteiger partial charge is 0.150 e. The number of pyridine rings is 1. The molecular weight excluding hydrogens is 286 g/mol. The average Bonchev–Trinajstić information content (AvgIpc) is 2.90. The van der Waals surface area contributed by atoms with Crippen molar-refractivity contribution in [1.29, 1.82) is 0 Å². The predicted octanol–water partition coefficient (Wildman–Crippen LogP) is 3.32. The van der Waals surface area contributed by atoms with Crippen LogP contribution in [0.2, 0.25) is 5.02 Å². The number of anilines is 1. The summed E-state index contributed by atoms with van der Waals surface area (Å²) in [4.78, 5) is 9.09. The van der Waals surface area contributed by atoms with Crippen LogP contribution >= 0.6 is 11.6 Å². The summed E-state index contributed by atoms with van der Waals surface area (Å²) in [7, 11) is 0. The Kier molecular flexibility index (Phi) is 5.56. The van der Waals surface area contributed by atoms with Crippen molar-refractivity contribution in [3.63, 3.8) is 0 Å². The number of aromatic nitrogens is 4. The summed E-state index contributed by atoms with van der Waals surface area (Å²) >= 11 is 6.26. The van der Waals surface area contributed by atoms with Gasteiger partial charge in [0, 0.05) is 19.4 Å². The molecule has 0 aromatic carbocycles. The van der Waals surface area contributed by atoms with Gasteiger partial charge in [0.2, 0.25) is 0 Å². The van der Waals surface area contributed by atoms with Crippen molar-refractivity contribution < 1.29 is 0 Å². The minimum absolute atomic E-state index is 0.552. The molecule has 0 aliphatic carbocycles. The first kappa shape index (κ1) is 15.8. The van der Waals surface area contributed by atoms with Gasteiger partial charge in [-0.25, -0.2) is 14.6 Å². The third-order valence-corrected chi connectivity index (χ3v) is 3.54. The van der Waals surface area contributed by atoms with Crippen LogP contribution in [-0.2, 0) is 19.4 Å². The summed E-state index contributed by atoms with van der Waals surface area (Å²) in [6, 6.07) is 3.78. The molecule has 114 valence electrons. The number of hydrogen-bond donors (Lipinski definition) is 1. The van der Waals surface area contributed by atoms with E-state index in [0.717, 1.165) is 49.0 Å². The second-order valence-corrected chi connectivity index (χ2v) is 5.27. The lowest BCUT2D eigenvalue weighted by Gasteiger charge is -2.09. The van der Waals surface area contributed by atoms with Crippen molar-refractivity contribution in [2.24, 2.45) is 0 Å². The molecule has 6 heteroatoms. The summed E-state index contributed by atoms with van der Waals surface area (Å²) in [6.07, 6.45) is 2.74. The van der Waals surface area contributed by atoms with E-state index in [1.54, 1.807) is 0 Å². The van der Waals surface area contributed by atoms with Gasteiger partial charge in [-0.3, -0.25) is 0 Å². The maximum absolute atomic E-state index is 6.26. The fourth-order valence-electron chi connectivity index (χ4n) is 2.05. The van der Waals surface area contributed by atoms with Crippen molar-refractivity contribution >= 4 is 17.4 Å². The third kappa shape index (κ3) is 3.94. The van der Waals surface area contributed by atoms with E-state index in [2.05, 4.69) is 41.2 Å². The van der Waals surface area contributed by atoms with E-state index in [1.807, 2.05) is 16.8 Å². The summed E-state index contributed by atoms with van der Waals surface area (Å²) < 4.78 is 1.90. The zero-order chi connectivity index (χ0) is 15.2. The van der Waals surface area contributed by atoms with Crippen LogP contribution in [-0.4, -0.2) is 26.3 Å². The number of nitrogens with zero attached hydrogens (tertiary/aromatic N) is 4. The molecule has 2 heterocycles. The Morgan fingerprint density at radius 2 is 1.95 bits per heavy atom. The van der Waals surface area contributed by atoms with Crippen LogP contribution in [0.15, 0.2) is 12.1 Å². The molecule has 0 saturated carbocycles. The maximum Gasteiger partial charge on any atom is 0.150 e. The van der Waals surface area contributed by atoms with Crippen LogP contribution in [0.1, 0.15) is 44.5 Å². The van der Waals surface area contributed by atoms with Crippen LogP contribution in [0, 0.1) is 0 Å². The van der Waals surface area contributed by atoms with Gasteiger partial charge < -0.3 is 5.32 Å². The van der Waals surface area contributed by atoms with E-state index >= 15 is 0 Å². The Balaban J connectivity index is 2.23. The first-order valence-corrected chi connectivity index (χ1v) is 7.87. The molecule has 1 N–H and O–H groups in total. The third-order valence-electron chi connectivity index (χ3n) is 3.20. The van der Waals surface area contributed by atoms with Crippen LogP contribution in [0.25, 0.3) is 0 Å². The van der Waals surface area contributed by atoms with Crippen molar-refractivity contribution in [3.05, 3.63) is 34.5 Å². The molecule has 0 bridgehead atoms. The van der Waals surface area contributed by atoms with Gasteiger partial charge in [0.25, 0.3) is 0 Å². The largest absolute Gasteiger partial charge is 0.370 e. The van der Waals surface area contributed by atoms with Crippen molar-refractivity contribution in [1.82, 2.24) is 19.7 Å². The van der Waals surface area contributed by atoms with Crippen molar-refractivity contribution in [3.8, 4) is 0 Å². The quantitative estimate of drug-likeness (QED) is 0.852. The van der Waals surface area contributed by atoms with E-state index in [4.69, 9.17) is 11.6 Å². The molecule has 2 rings (SSSR count). The Bertz CT molecular complexity index is 594. The minimum atomic E-state index is 0.552. The first-order valence-electron chi connectivity index (χ1n) is 7.49. The van der Waals surface area contributed by atoms with E-state index in [-0.39, 0.29) is 0 Å². The van der Waals surface area contributed by atoms with Gasteiger partial charge in [0.1, 0.15) is 11.6 Å². The summed E-state index contributed by atoms with van der Waals surface area (Å²) in [6.45, 7) is 7.71. The Hall–Kier alpha value is -1.62. The molecule has 0 saturated heterocycles. The highest BCUT2D eigenvalue weighted by Gasteiger charge is 2.11. The number of halogens is 1. The lowest BCUT2D eigenvalue weighted by molar-refractivity contribution is 0.627. The lowest BCUT2D eigenvalue weighted by Crippen LogP contribution is -2.10. The van der Waals surface area contributed by atoms with Gasteiger partial charge in [-0.05, 0) is 18.6 Å². The van der Waals surface area contributed by atoms with Crippen LogP contribution in [0.3, 0.4) is 0 Å². The fraction of sp³-hybridized carbons (Fsp3) is 0.533. The normalized spacial score (nSPS) is 10.9. The lowest BCUT2D eigenvalue weighted by atomic mass is 10.3. The molecule has 0 unspecified atom stereocenters. The average molecular weight is 308 g/mol. The molecule has 2 aromatic rings. The highest BCUT2D eigenvalue weighted by molar-refractivity contribution is 6.31. The van der Waals surface area contributed by atoms with Crippen molar-refractivity contribution in [2.45, 2.75) is 46.6 Å². The second kappa shape index (κ2) is 7.41. The molecule has 0 aliphatic rings. The number of aryl methyl sites for hydroxylation is 2. The zero-order valence-corrected chi connectivity index (χ0v) is 13.6. The monoisotopic (exact) mass is 307 g/mol. The molecule has 0 amide bonds. The van der Waals surface area contributed by atoms with E-state index < -0.39 is 0 Å². The SMILES string of the molecule is CCCNc1ccc(Cl)c(Cn2nc(CC)nc2CC)n1. The van der Waals surface area contributed by atoms with E-state index in [1.165, 1.54) is 0 Å². The zero-order valence-electron chi connectivity index (χ0n) is 12.9. The molecule has 0 atom stereocenters. The van der Waals surface area contributed by atoms with E-state index in [0.29, 0.717) is 11.6 Å². The number of rotatable bonds is 7. The molecule has 0 aliphatic heterocycles. The van der Waals surface area contributed by atoms with Gasteiger partial charge in [-0.1, -0.05) is 32.4 Å². The highest BCUT2D eigenvalue weighted by Crippen LogP contribution is 2.18. The summed E-state index contributed by atoms with van der Waals surface area (Å²) in [5.74, 6) is 2.69. The van der Waals surface area contributed by atoms with Gasteiger partial charge in [0.05, 0.1) is 17.3 Å². The first-order chi connectivity index (χ1) is 10.2. The molecule has 0 radical (unpaired) electrons. The molecular formula is C15H22ClN5. The predicted molar refractivity (Wildman–Crippen MR) is 85.9 cm³/mol. The van der Waals surface area contributed by atoms with Gasteiger partial charge in [-0.2, -0.15) is 5.10 Å². The Labute approximate surface area is 130 Å². The molecule has 2 aromatic heterocycles. The Morgan fingerprint density at radius 3 is 2.62 bits per heavy atom. The highest BCUT2D eigenvalue weighted by atomic mass is 35.5. The summed E-state index contributed by atoms with van der Waals surface area (Å²) in [5.41, 5.74) is 0.819. The minimum Gasteiger partial charge on any atom is -0.370 e. The second-order valence-electron chi connectivity index (χ2n) is 4.86. The van der Waals surface area contributed by atoms with Gasteiger partial charge >= 0.3 is 0 Å². The Morgan fingerprint density at radius 1 is 1.14 bits per heavy atom. The topological polar surface area (TPSA) is 55.6 Å². The molecule has 5 nitrogen and oxygen atoms in total. The van der Waals surface area contributed by atoms with Gasteiger partial charge in [-0.15, -0.1) is 0 Å². The van der Waals surface area contributed by atoms with Crippen LogP contribution in [0.4, 0.5) is 5.82 Å². The number of nitrogens with one attached hydrogen (secondary N) is 1. The molecule has 0 spiro atoms. The van der Waals surface area contributed by atoms with Gasteiger partial charge in [0.15, 0.2) is 5.82 Å². The van der Waals surface area contributed by atoms with Crippen LogP contribution in [0.5, 0.6) is 0 Å². The maximum atomic E-state index is 6.26. The standard InChI is InChI=1S/C15H22ClN5/c1-4-9-17-14-8-7-11(16)12(18-14)10-21-15(6-3)19-13(5-2)20-21/h7-8H,4-6,9-10H2,1-3H3,(H,17,18). The van der Waals surface area contributed by atoms with Crippen LogP contribution < -0.4 is 5.32 Å². The summed E-state index contributed by atoms with van der Waals surface area (Å²) in [5, 5.41) is 8.45.